The van der Waals surface area contributed by atoms with Crippen molar-refractivity contribution in [1.29, 1.82) is 0 Å². The Morgan fingerprint density at radius 3 is 2.00 bits per heavy atom. The van der Waals surface area contributed by atoms with Gasteiger partial charge >= 0.3 is 7.32 Å². The summed E-state index contributed by atoms with van der Waals surface area (Å²) in [7, 11) is -0.606. The van der Waals surface area contributed by atoms with E-state index in [1.165, 1.54) is 0 Å². The normalized spacial score (nSPS) is 23.1. The zero-order valence-corrected chi connectivity index (χ0v) is 11.8. The summed E-state index contributed by atoms with van der Waals surface area (Å²) in [4.78, 5) is 0. The predicted molar refractivity (Wildman–Crippen MR) is 72.0 cm³/mol. The van der Waals surface area contributed by atoms with Crippen molar-refractivity contribution in [3.63, 3.8) is 0 Å². The Hall–Kier alpha value is -0.835. The van der Waals surface area contributed by atoms with Crippen LogP contribution in [0.4, 0.5) is 0 Å². The second-order valence-corrected chi connectivity index (χ2v) is 5.73. The molecule has 1 aromatic rings. The topological polar surface area (TPSA) is 27.7 Å². The van der Waals surface area contributed by atoms with Gasteiger partial charge in [0.1, 0.15) is 0 Å². The lowest BCUT2D eigenvalue weighted by Gasteiger charge is -2.31. The van der Waals surface area contributed by atoms with Gasteiger partial charge in [-0.05, 0) is 40.2 Å². The van der Waals surface area contributed by atoms with Gasteiger partial charge in [-0.1, -0.05) is 30.3 Å². The Kier molecular flexibility index (Phi) is 3.54. The van der Waals surface area contributed by atoms with Gasteiger partial charge in [0.2, 0.25) is 0 Å². The van der Waals surface area contributed by atoms with Crippen LogP contribution in [0.2, 0.25) is 0 Å². The predicted octanol–water partition coefficient (Wildman–Crippen LogP) is 3.35. The third-order valence-corrected chi connectivity index (χ3v) is 3.82. The molecule has 3 nitrogen and oxygen atoms in total. The molecule has 0 N–H and O–H groups in total. The molecule has 1 aliphatic rings. The van der Waals surface area contributed by atoms with E-state index < -0.39 is 7.32 Å². The van der Waals surface area contributed by atoms with Crippen molar-refractivity contribution in [2.24, 2.45) is 0 Å². The van der Waals surface area contributed by atoms with Gasteiger partial charge in [-0.15, -0.1) is 0 Å². The van der Waals surface area contributed by atoms with Gasteiger partial charge in [-0.25, -0.2) is 0 Å². The first-order chi connectivity index (χ1) is 8.32. The summed E-state index contributed by atoms with van der Waals surface area (Å²) in [6.45, 7) is 10.1. The second kappa shape index (κ2) is 4.69. The van der Waals surface area contributed by atoms with Gasteiger partial charge in [0.25, 0.3) is 0 Å². The van der Waals surface area contributed by atoms with Crippen molar-refractivity contribution >= 4 is 7.32 Å². The molecule has 0 spiro atoms. The minimum atomic E-state index is -0.606. The first kappa shape index (κ1) is 13.6. The molecule has 1 heterocycles. The average Bonchev–Trinajstić information content (AvgIpc) is 2.48. The Balaban J connectivity index is 2.00. The van der Waals surface area contributed by atoms with Crippen LogP contribution < -0.4 is 0 Å². The third kappa shape index (κ3) is 2.61. The fourth-order valence-electron chi connectivity index (χ4n) is 1.81. The van der Waals surface area contributed by atoms with Crippen LogP contribution in [-0.2, 0) is 14.0 Å². The number of benzene rings is 1. The highest BCUT2D eigenvalue weighted by Gasteiger charge is 2.53. The molecular formula is C14H21BO3. The number of rotatable bonds is 3. The van der Waals surface area contributed by atoms with E-state index in [9.17, 15) is 0 Å². The monoisotopic (exact) mass is 248 g/mol. The number of hydrogen-bond donors (Lipinski definition) is 0. The molecule has 1 aliphatic heterocycles. The second-order valence-electron chi connectivity index (χ2n) is 5.73. The summed E-state index contributed by atoms with van der Waals surface area (Å²) in [5.74, 6) is 0. The molecule has 0 aliphatic carbocycles. The molecule has 1 atom stereocenters. The Labute approximate surface area is 110 Å². The van der Waals surface area contributed by atoms with E-state index in [-0.39, 0.29) is 17.3 Å². The van der Waals surface area contributed by atoms with Crippen molar-refractivity contribution in [2.45, 2.75) is 51.9 Å². The van der Waals surface area contributed by atoms with Crippen LogP contribution in [-0.4, -0.2) is 18.5 Å². The fraction of sp³-hybridized carbons (Fsp3) is 0.571. The lowest BCUT2D eigenvalue weighted by atomic mass is 9.90. The minimum absolute atomic E-state index is 0.0547. The van der Waals surface area contributed by atoms with Gasteiger partial charge in [0, 0.05) is 0 Å². The van der Waals surface area contributed by atoms with Crippen LogP contribution in [0.1, 0.15) is 46.3 Å². The van der Waals surface area contributed by atoms with Crippen molar-refractivity contribution in [3.05, 3.63) is 35.9 Å². The van der Waals surface area contributed by atoms with Gasteiger partial charge in [0.15, 0.2) is 0 Å². The van der Waals surface area contributed by atoms with Crippen molar-refractivity contribution in [1.82, 2.24) is 0 Å². The number of hydrogen-bond acceptors (Lipinski definition) is 3. The Morgan fingerprint density at radius 1 is 1.00 bits per heavy atom. The summed E-state index contributed by atoms with van der Waals surface area (Å²) < 4.78 is 17.4. The van der Waals surface area contributed by atoms with Gasteiger partial charge in [-0.3, -0.25) is 0 Å². The highest BCUT2D eigenvalue weighted by atomic mass is 16.8. The molecule has 0 amide bonds. The van der Waals surface area contributed by atoms with Crippen LogP contribution in [0.25, 0.3) is 0 Å². The lowest BCUT2D eigenvalue weighted by molar-refractivity contribution is 0.00578. The molecule has 18 heavy (non-hydrogen) atoms. The smallest absolute Gasteiger partial charge is 0.379 e. The summed E-state index contributed by atoms with van der Waals surface area (Å²) in [6, 6.07) is 10.1. The Bertz CT molecular complexity index is 387. The van der Waals surface area contributed by atoms with E-state index in [4.69, 9.17) is 14.0 Å². The molecule has 0 unspecified atom stereocenters. The third-order valence-electron chi connectivity index (χ3n) is 3.82. The minimum Gasteiger partial charge on any atom is -0.379 e. The molecule has 4 heteroatoms. The van der Waals surface area contributed by atoms with Crippen LogP contribution in [0.5, 0.6) is 0 Å². The molecule has 1 fully saturated rings. The van der Waals surface area contributed by atoms with Crippen LogP contribution >= 0.6 is 0 Å². The molecule has 98 valence electrons. The lowest BCUT2D eigenvalue weighted by Crippen LogP contribution is -2.41. The zero-order chi connectivity index (χ0) is 13.4. The quantitative estimate of drug-likeness (QED) is 0.767. The summed E-state index contributed by atoms with van der Waals surface area (Å²) >= 11 is 0. The standard InChI is InChI=1S/C14H21BO3/c1-11(12-9-7-6-8-10-12)16-15-17-13(2,3)14(4,5)18-15/h6-11H,1-5H3/t11-/m0/s1. The van der Waals surface area contributed by atoms with E-state index in [1.807, 2.05) is 65.0 Å². The molecule has 1 aromatic carbocycles. The highest BCUT2D eigenvalue weighted by Crippen LogP contribution is 2.38. The molecular weight excluding hydrogens is 227 g/mol. The van der Waals surface area contributed by atoms with Crippen LogP contribution in [0.3, 0.4) is 0 Å². The van der Waals surface area contributed by atoms with Crippen molar-refractivity contribution in [2.75, 3.05) is 0 Å². The van der Waals surface area contributed by atoms with E-state index in [0.29, 0.717) is 0 Å². The van der Waals surface area contributed by atoms with Crippen molar-refractivity contribution < 1.29 is 14.0 Å². The SMILES string of the molecule is C[C@H](OB1OC(C)(C)C(C)(C)O1)c1ccccc1. The fourth-order valence-corrected chi connectivity index (χ4v) is 1.81. The first-order valence-electron chi connectivity index (χ1n) is 6.38. The molecule has 1 saturated heterocycles. The average molecular weight is 248 g/mol. The Morgan fingerprint density at radius 2 is 1.50 bits per heavy atom. The first-order valence-corrected chi connectivity index (χ1v) is 6.38. The van der Waals surface area contributed by atoms with E-state index in [2.05, 4.69) is 0 Å². The molecule has 0 aromatic heterocycles. The molecule has 0 radical (unpaired) electrons. The molecule has 2 rings (SSSR count). The van der Waals surface area contributed by atoms with Gasteiger partial charge in [0.05, 0.1) is 17.3 Å². The van der Waals surface area contributed by atoms with E-state index in [1.54, 1.807) is 0 Å². The van der Waals surface area contributed by atoms with E-state index >= 15 is 0 Å². The van der Waals surface area contributed by atoms with Crippen molar-refractivity contribution in [3.8, 4) is 0 Å². The molecule has 0 saturated carbocycles. The largest absolute Gasteiger partial charge is 0.640 e. The maximum Gasteiger partial charge on any atom is 0.640 e. The highest BCUT2D eigenvalue weighted by molar-refractivity contribution is 6.37. The maximum atomic E-state index is 5.82. The van der Waals surface area contributed by atoms with Crippen LogP contribution in [0, 0.1) is 0 Å². The molecule has 0 bridgehead atoms. The van der Waals surface area contributed by atoms with Gasteiger partial charge < -0.3 is 14.0 Å². The van der Waals surface area contributed by atoms with E-state index in [0.717, 1.165) is 5.56 Å². The summed E-state index contributed by atoms with van der Waals surface area (Å²) in [5, 5.41) is 0. The van der Waals surface area contributed by atoms with Crippen LogP contribution in [0.15, 0.2) is 30.3 Å². The zero-order valence-electron chi connectivity index (χ0n) is 11.8. The summed E-state index contributed by atoms with van der Waals surface area (Å²) in [5.41, 5.74) is 0.412. The van der Waals surface area contributed by atoms with Gasteiger partial charge in [-0.2, -0.15) is 0 Å². The summed E-state index contributed by atoms with van der Waals surface area (Å²) in [6.07, 6.45) is -0.0547. The maximum absolute atomic E-state index is 5.82.